The van der Waals surface area contributed by atoms with Gasteiger partial charge in [-0.3, -0.25) is 4.79 Å². The van der Waals surface area contributed by atoms with Crippen LogP contribution in [0.5, 0.6) is 5.75 Å². The molecule has 1 aromatic rings. The van der Waals surface area contributed by atoms with E-state index in [1.54, 1.807) is 19.4 Å². The van der Waals surface area contributed by atoms with Crippen molar-refractivity contribution < 1.29 is 13.9 Å². The van der Waals surface area contributed by atoms with E-state index in [2.05, 4.69) is 11.9 Å². The van der Waals surface area contributed by atoms with Gasteiger partial charge in [-0.15, -0.1) is 0 Å². The highest BCUT2D eigenvalue weighted by molar-refractivity contribution is 5.78. The van der Waals surface area contributed by atoms with Crippen LogP contribution in [-0.4, -0.2) is 19.6 Å². The van der Waals surface area contributed by atoms with Crippen LogP contribution >= 0.6 is 0 Å². The van der Waals surface area contributed by atoms with Gasteiger partial charge in [0, 0.05) is 25.5 Å². The van der Waals surface area contributed by atoms with Gasteiger partial charge in [0.2, 0.25) is 5.91 Å². The minimum absolute atomic E-state index is 0.0175. The van der Waals surface area contributed by atoms with Crippen LogP contribution in [0.2, 0.25) is 0 Å². The molecule has 0 aliphatic rings. The van der Waals surface area contributed by atoms with E-state index in [1.807, 2.05) is 6.92 Å². The van der Waals surface area contributed by atoms with Crippen molar-refractivity contribution in [2.45, 2.75) is 26.2 Å². The molecule has 0 saturated heterocycles. The fourth-order valence-electron chi connectivity index (χ4n) is 1.51. The summed E-state index contributed by atoms with van der Waals surface area (Å²) in [5.41, 5.74) is 0.871. The smallest absolute Gasteiger partial charge is 0.224 e. The lowest BCUT2D eigenvalue weighted by Gasteiger charge is -2.04. The third kappa shape index (κ3) is 4.76. The zero-order valence-electron chi connectivity index (χ0n) is 10.4. The van der Waals surface area contributed by atoms with Crippen molar-refractivity contribution in [3.05, 3.63) is 30.2 Å². The average molecular weight is 237 g/mol. The molecule has 17 heavy (non-hydrogen) atoms. The van der Waals surface area contributed by atoms with Crippen molar-refractivity contribution in [2.24, 2.45) is 0 Å². The molecular formula is C13H19NO3. The lowest BCUT2D eigenvalue weighted by atomic mass is 10.2. The Bertz CT molecular complexity index is 382. The van der Waals surface area contributed by atoms with Crippen LogP contribution in [0.25, 0.3) is 0 Å². The van der Waals surface area contributed by atoms with Crippen molar-refractivity contribution in [1.82, 2.24) is 5.32 Å². The third-order valence-electron chi connectivity index (χ3n) is 2.29. The second-order valence-corrected chi connectivity index (χ2v) is 4.00. The molecule has 0 aromatic carbocycles. The Morgan fingerprint density at radius 2 is 2.35 bits per heavy atom. The molecule has 0 bridgehead atoms. The first-order chi connectivity index (χ1) is 8.13. The lowest BCUT2D eigenvalue weighted by Crippen LogP contribution is -2.24. The summed E-state index contributed by atoms with van der Waals surface area (Å²) in [6.07, 6.45) is 3.58. The first-order valence-electron chi connectivity index (χ1n) is 5.65. The van der Waals surface area contributed by atoms with Crippen LogP contribution in [-0.2, 0) is 11.2 Å². The Labute approximate surface area is 102 Å². The molecule has 0 atom stereocenters. The molecule has 0 fully saturated rings. The van der Waals surface area contributed by atoms with Crippen LogP contribution < -0.4 is 10.1 Å². The molecule has 94 valence electrons. The van der Waals surface area contributed by atoms with Crippen molar-refractivity contribution in [3.8, 4) is 5.75 Å². The zero-order chi connectivity index (χ0) is 12.7. The van der Waals surface area contributed by atoms with Crippen molar-refractivity contribution in [2.75, 3.05) is 13.7 Å². The molecule has 1 N–H and O–H groups in total. The Morgan fingerprint density at radius 3 is 3.00 bits per heavy atom. The summed E-state index contributed by atoms with van der Waals surface area (Å²) in [5, 5.41) is 2.83. The van der Waals surface area contributed by atoms with E-state index in [0.29, 0.717) is 13.0 Å². The Hall–Kier alpha value is -1.71. The highest BCUT2D eigenvalue weighted by Crippen LogP contribution is 2.20. The number of amides is 1. The second kappa shape index (κ2) is 6.78. The van der Waals surface area contributed by atoms with Gasteiger partial charge in [0.1, 0.15) is 5.76 Å². The number of carbonyl (C=O) groups excluding carboxylic acids is 1. The maximum atomic E-state index is 11.3. The second-order valence-electron chi connectivity index (χ2n) is 4.00. The van der Waals surface area contributed by atoms with Gasteiger partial charge in [-0.25, -0.2) is 0 Å². The standard InChI is InChI=1S/C13H19NO3/c1-10(2)9-13(15)14-7-4-5-12-11(16-3)6-8-17-12/h6,8H,1,4-5,7,9H2,2-3H3,(H,14,15). The fraction of sp³-hybridized carbons (Fsp3) is 0.462. The number of carbonyl (C=O) groups is 1. The van der Waals surface area contributed by atoms with E-state index >= 15 is 0 Å². The summed E-state index contributed by atoms with van der Waals surface area (Å²) in [6, 6.07) is 1.79. The monoisotopic (exact) mass is 237 g/mol. The quantitative estimate of drug-likeness (QED) is 0.585. The molecule has 0 aliphatic carbocycles. The van der Waals surface area contributed by atoms with Crippen LogP contribution in [0, 0.1) is 0 Å². The van der Waals surface area contributed by atoms with E-state index in [4.69, 9.17) is 9.15 Å². The minimum atomic E-state index is 0.0175. The number of hydrogen-bond acceptors (Lipinski definition) is 3. The van der Waals surface area contributed by atoms with E-state index < -0.39 is 0 Å². The highest BCUT2D eigenvalue weighted by Gasteiger charge is 2.06. The first kappa shape index (κ1) is 13.4. The number of nitrogens with one attached hydrogen (secondary N) is 1. The molecule has 1 amide bonds. The minimum Gasteiger partial charge on any atom is -0.493 e. The van der Waals surface area contributed by atoms with E-state index in [1.165, 1.54) is 0 Å². The Kier molecular flexibility index (Phi) is 5.33. The van der Waals surface area contributed by atoms with E-state index in [0.717, 1.165) is 29.9 Å². The number of methoxy groups -OCH3 is 1. The van der Waals surface area contributed by atoms with Gasteiger partial charge < -0.3 is 14.5 Å². The normalized spacial score (nSPS) is 10.0. The fourth-order valence-corrected chi connectivity index (χ4v) is 1.51. The topological polar surface area (TPSA) is 51.5 Å². The molecule has 0 unspecified atom stereocenters. The predicted molar refractivity (Wildman–Crippen MR) is 66.0 cm³/mol. The predicted octanol–water partition coefficient (Wildman–Crippen LogP) is 2.30. The molecule has 0 aliphatic heterocycles. The summed E-state index contributed by atoms with van der Waals surface area (Å²) in [4.78, 5) is 11.3. The van der Waals surface area contributed by atoms with Gasteiger partial charge in [-0.2, -0.15) is 0 Å². The van der Waals surface area contributed by atoms with Gasteiger partial charge >= 0.3 is 0 Å². The molecular weight excluding hydrogens is 218 g/mol. The summed E-state index contributed by atoms with van der Waals surface area (Å²) >= 11 is 0. The van der Waals surface area contributed by atoms with Gasteiger partial charge in [-0.05, 0) is 13.3 Å². The highest BCUT2D eigenvalue weighted by atomic mass is 16.5. The number of aryl methyl sites for hydroxylation is 1. The molecule has 4 heteroatoms. The maximum absolute atomic E-state index is 11.3. The number of furan rings is 1. The van der Waals surface area contributed by atoms with E-state index in [9.17, 15) is 4.79 Å². The Balaban J connectivity index is 2.20. The molecule has 1 aromatic heterocycles. The van der Waals surface area contributed by atoms with Gasteiger partial charge in [0.05, 0.1) is 13.4 Å². The SMILES string of the molecule is C=C(C)CC(=O)NCCCc1occc1OC. The number of ether oxygens (including phenoxy) is 1. The molecule has 0 saturated carbocycles. The number of rotatable bonds is 7. The lowest BCUT2D eigenvalue weighted by molar-refractivity contribution is -0.120. The van der Waals surface area contributed by atoms with Crippen LogP contribution in [0.3, 0.4) is 0 Å². The van der Waals surface area contributed by atoms with Gasteiger partial charge in [0.15, 0.2) is 5.75 Å². The average Bonchev–Trinajstić information content (AvgIpc) is 2.70. The largest absolute Gasteiger partial charge is 0.493 e. The molecule has 0 spiro atoms. The summed E-state index contributed by atoms with van der Waals surface area (Å²) < 4.78 is 10.4. The molecule has 1 rings (SSSR count). The Morgan fingerprint density at radius 1 is 1.59 bits per heavy atom. The van der Waals surface area contributed by atoms with Crippen molar-refractivity contribution in [3.63, 3.8) is 0 Å². The third-order valence-corrected chi connectivity index (χ3v) is 2.29. The summed E-state index contributed by atoms with van der Waals surface area (Å²) in [5.74, 6) is 1.60. The van der Waals surface area contributed by atoms with E-state index in [-0.39, 0.29) is 5.91 Å². The van der Waals surface area contributed by atoms with Crippen LogP contribution in [0.4, 0.5) is 0 Å². The molecule has 0 radical (unpaired) electrons. The van der Waals surface area contributed by atoms with Crippen molar-refractivity contribution in [1.29, 1.82) is 0 Å². The van der Waals surface area contributed by atoms with Gasteiger partial charge in [0.25, 0.3) is 0 Å². The molecule has 1 heterocycles. The van der Waals surface area contributed by atoms with Crippen molar-refractivity contribution >= 4 is 5.91 Å². The van der Waals surface area contributed by atoms with Crippen LogP contribution in [0.15, 0.2) is 28.9 Å². The number of hydrogen-bond donors (Lipinski definition) is 1. The molecule has 4 nitrogen and oxygen atoms in total. The summed E-state index contributed by atoms with van der Waals surface area (Å²) in [7, 11) is 1.61. The van der Waals surface area contributed by atoms with Crippen LogP contribution in [0.1, 0.15) is 25.5 Å². The first-order valence-corrected chi connectivity index (χ1v) is 5.65. The summed E-state index contributed by atoms with van der Waals surface area (Å²) in [6.45, 7) is 6.17. The maximum Gasteiger partial charge on any atom is 0.224 e. The van der Waals surface area contributed by atoms with Gasteiger partial charge in [-0.1, -0.05) is 12.2 Å². The zero-order valence-corrected chi connectivity index (χ0v) is 10.4.